The second-order valence-corrected chi connectivity index (χ2v) is 9.05. The van der Waals surface area contributed by atoms with Gasteiger partial charge < -0.3 is 10.5 Å². The molecule has 0 radical (unpaired) electrons. The van der Waals surface area contributed by atoms with Crippen LogP contribution in [0, 0.1) is 23.0 Å². The topological polar surface area (TPSA) is 78.1 Å². The van der Waals surface area contributed by atoms with Crippen LogP contribution in [0.4, 0.5) is 8.78 Å². The molecule has 1 aromatic carbocycles. The zero-order valence-corrected chi connectivity index (χ0v) is 16.4. The Labute approximate surface area is 167 Å². The van der Waals surface area contributed by atoms with Gasteiger partial charge in [-0.2, -0.15) is 5.10 Å². The standard InChI is InChI=1S/C22H23F2N3O2/c1-21(2)13-8-9-22(21,29-18(20(25)28)11-6-7-11)19-12(13)10-16(26-27-19)17-14(23)4-3-5-15(17)24/h3-5,10-11,13,18H,6-9H2,1-2H3,(H2,25,28)/t13-,18+,22-/m0/s1. The predicted octanol–water partition coefficient (Wildman–Crippen LogP) is 3.81. The molecule has 2 N–H and O–H groups in total. The monoisotopic (exact) mass is 399 g/mol. The van der Waals surface area contributed by atoms with E-state index >= 15 is 0 Å². The summed E-state index contributed by atoms with van der Waals surface area (Å²) in [7, 11) is 0. The number of hydrogen-bond acceptors (Lipinski definition) is 4. The van der Waals surface area contributed by atoms with Gasteiger partial charge in [-0.3, -0.25) is 4.79 Å². The Kier molecular flexibility index (Phi) is 3.88. The van der Waals surface area contributed by atoms with E-state index in [1.165, 1.54) is 18.2 Å². The highest BCUT2D eigenvalue weighted by Gasteiger charge is 2.66. The Morgan fingerprint density at radius 1 is 1.21 bits per heavy atom. The maximum atomic E-state index is 14.3. The highest BCUT2D eigenvalue weighted by atomic mass is 19.1. The summed E-state index contributed by atoms with van der Waals surface area (Å²) in [4.78, 5) is 12.1. The lowest BCUT2D eigenvalue weighted by Crippen LogP contribution is -2.46. The number of amides is 1. The number of ether oxygens (including phenoxy) is 1. The highest BCUT2D eigenvalue weighted by molar-refractivity contribution is 5.79. The van der Waals surface area contributed by atoms with E-state index in [4.69, 9.17) is 10.5 Å². The maximum Gasteiger partial charge on any atom is 0.246 e. The van der Waals surface area contributed by atoms with Gasteiger partial charge in [0.05, 0.1) is 17.0 Å². The first-order valence-corrected chi connectivity index (χ1v) is 10.1. The lowest BCUT2D eigenvalue weighted by atomic mass is 9.77. The van der Waals surface area contributed by atoms with Crippen LogP contribution in [0.5, 0.6) is 0 Å². The van der Waals surface area contributed by atoms with E-state index in [-0.39, 0.29) is 28.5 Å². The molecule has 7 heteroatoms. The summed E-state index contributed by atoms with van der Waals surface area (Å²) in [5, 5.41) is 8.56. The Morgan fingerprint density at radius 3 is 2.52 bits per heavy atom. The summed E-state index contributed by atoms with van der Waals surface area (Å²) in [6.45, 7) is 4.20. The van der Waals surface area contributed by atoms with Gasteiger partial charge in [0.1, 0.15) is 23.3 Å². The number of carbonyl (C=O) groups is 1. The van der Waals surface area contributed by atoms with Crippen molar-refractivity contribution in [2.24, 2.45) is 17.1 Å². The fraction of sp³-hybridized carbons (Fsp3) is 0.500. The predicted molar refractivity (Wildman–Crippen MR) is 102 cm³/mol. The molecule has 2 aromatic rings. The molecule has 2 bridgehead atoms. The molecule has 5 nitrogen and oxygen atoms in total. The first kappa shape index (κ1) is 18.6. The van der Waals surface area contributed by atoms with Gasteiger partial charge >= 0.3 is 0 Å². The summed E-state index contributed by atoms with van der Waals surface area (Å²) < 4.78 is 35.0. The molecule has 1 heterocycles. The molecule has 29 heavy (non-hydrogen) atoms. The molecule has 152 valence electrons. The largest absolute Gasteiger partial charge is 0.367 e. The number of hydrogen-bond donors (Lipinski definition) is 1. The minimum absolute atomic E-state index is 0.106. The lowest BCUT2D eigenvalue weighted by molar-refractivity contribution is -0.169. The van der Waals surface area contributed by atoms with E-state index in [1.54, 1.807) is 6.07 Å². The minimum atomic E-state index is -0.769. The number of rotatable bonds is 5. The molecular formula is C22H23F2N3O2. The van der Waals surface area contributed by atoms with Crippen molar-refractivity contribution in [3.8, 4) is 11.3 Å². The third kappa shape index (κ3) is 2.49. The average Bonchev–Trinajstić information content (AvgIpc) is 3.44. The number of nitrogens with two attached hydrogens (primary N) is 1. The zero-order chi connectivity index (χ0) is 20.6. The lowest BCUT2D eigenvalue weighted by Gasteiger charge is -2.39. The van der Waals surface area contributed by atoms with E-state index < -0.39 is 29.2 Å². The molecule has 0 unspecified atom stereocenters. The molecule has 3 aliphatic rings. The number of primary amides is 1. The van der Waals surface area contributed by atoms with Crippen molar-refractivity contribution in [3.63, 3.8) is 0 Å². The smallest absolute Gasteiger partial charge is 0.246 e. The van der Waals surface area contributed by atoms with Gasteiger partial charge in [-0.25, -0.2) is 8.78 Å². The molecular weight excluding hydrogens is 376 g/mol. The van der Waals surface area contributed by atoms with Gasteiger partial charge in [0.25, 0.3) is 0 Å². The van der Waals surface area contributed by atoms with Gasteiger partial charge in [-0.1, -0.05) is 19.9 Å². The van der Waals surface area contributed by atoms with Crippen molar-refractivity contribution >= 4 is 5.91 Å². The van der Waals surface area contributed by atoms with Crippen molar-refractivity contribution in [2.75, 3.05) is 0 Å². The van der Waals surface area contributed by atoms with Gasteiger partial charge in [0.15, 0.2) is 0 Å². The van der Waals surface area contributed by atoms with Crippen molar-refractivity contribution in [1.29, 1.82) is 0 Å². The van der Waals surface area contributed by atoms with Crippen molar-refractivity contribution in [3.05, 3.63) is 47.2 Å². The van der Waals surface area contributed by atoms with Crippen LogP contribution in [0.2, 0.25) is 0 Å². The summed E-state index contributed by atoms with van der Waals surface area (Å²) in [5.41, 5.74) is 6.10. The SMILES string of the molecule is CC1(C)[C@H]2CC[C@]1(O[C@@H](C(N)=O)C1CC1)c1nnc(-c3c(F)cccc3F)cc12. The van der Waals surface area contributed by atoms with Crippen molar-refractivity contribution < 1.29 is 18.3 Å². The molecule has 1 amide bonds. The van der Waals surface area contributed by atoms with E-state index in [0.29, 0.717) is 5.69 Å². The molecule has 5 rings (SSSR count). The maximum absolute atomic E-state index is 14.3. The van der Waals surface area contributed by atoms with Crippen LogP contribution in [0.15, 0.2) is 24.3 Å². The molecule has 2 saturated carbocycles. The van der Waals surface area contributed by atoms with Gasteiger partial charge in [-0.15, -0.1) is 5.10 Å². The Morgan fingerprint density at radius 2 is 1.90 bits per heavy atom. The van der Waals surface area contributed by atoms with Crippen molar-refractivity contribution in [2.45, 2.75) is 57.2 Å². The molecule has 2 fully saturated rings. The normalized spacial score (nSPS) is 27.7. The van der Waals surface area contributed by atoms with E-state index in [2.05, 4.69) is 24.0 Å². The number of aromatic nitrogens is 2. The zero-order valence-electron chi connectivity index (χ0n) is 16.4. The van der Waals surface area contributed by atoms with Crippen LogP contribution < -0.4 is 5.73 Å². The number of benzene rings is 1. The van der Waals surface area contributed by atoms with Crippen LogP contribution in [0.1, 0.15) is 56.7 Å². The second kappa shape index (κ2) is 6.05. The molecule has 3 atom stereocenters. The number of halogens is 2. The Hall–Kier alpha value is -2.41. The molecule has 0 saturated heterocycles. The highest BCUT2D eigenvalue weighted by Crippen LogP contribution is 2.68. The van der Waals surface area contributed by atoms with Crippen LogP contribution in [0.25, 0.3) is 11.3 Å². The van der Waals surface area contributed by atoms with E-state index in [1.807, 2.05) is 0 Å². The minimum Gasteiger partial charge on any atom is -0.367 e. The van der Waals surface area contributed by atoms with E-state index in [9.17, 15) is 13.6 Å². The summed E-state index contributed by atoms with van der Waals surface area (Å²) in [6, 6.07) is 5.48. The van der Waals surface area contributed by atoms with Crippen LogP contribution in [0.3, 0.4) is 0 Å². The Bertz CT molecular complexity index is 1000. The van der Waals surface area contributed by atoms with E-state index in [0.717, 1.165) is 31.2 Å². The van der Waals surface area contributed by atoms with Gasteiger partial charge in [0.2, 0.25) is 5.91 Å². The van der Waals surface area contributed by atoms with Gasteiger partial charge in [0, 0.05) is 5.41 Å². The Balaban J connectivity index is 1.61. The first-order chi connectivity index (χ1) is 13.8. The molecule has 0 spiro atoms. The number of nitrogens with zero attached hydrogens (tertiary/aromatic N) is 2. The average molecular weight is 399 g/mol. The fourth-order valence-electron chi connectivity index (χ4n) is 5.40. The van der Waals surface area contributed by atoms with Crippen LogP contribution in [-0.4, -0.2) is 22.2 Å². The third-order valence-corrected chi connectivity index (χ3v) is 7.16. The van der Waals surface area contributed by atoms with Crippen LogP contribution >= 0.6 is 0 Å². The second-order valence-electron chi connectivity index (χ2n) is 9.05. The molecule has 3 aliphatic carbocycles. The molecule has 0 aliphatic heterocycles. The summed E-state index contributed by atoms with van der Waals surface area (Å²) >= 11 is 0. The quantitative estimate of drug-likeness (QED) is 0.829. The molecule has 1 aromatic heterocycles. The van der Waals surface area contributed by atoms with Crippen molar-refractivity contribution in [1.82, 2.24) is 10.2 Å². The summed E-state index contributed by atoms with van der Waals surface area (Å²) in [5.74, 6) is -1.53. The van der Waals surface area contributed by atoms with Gasteiger partial charge in [-0.05, 0) is 61.3 Å². The summed E-state index contributed by atoms with van der Waals surface area (Å²) in [6.07, 6.45) is 2.77. The fourth-order valence-corrected chi connectivity index (χ4v) is 5.40. The number of carbonyl (C=O) groups excluding carboxylic acids is 1. The number of fused-ring (bicyclic) bond motifs is 5. The van der Waals surface area contributed by atoms with Crippen LogP contribution in [-0.2, 0) is 15.1 Å². The third-order valence-electron chi connectivity index (χ3n) is 7.16. The first-order valence-electron chi connectivity index (χ1n) is 10.1.